The molecule has 0 amide bonds. The van der Waals surface area contributed by atoms with E-state index >= 15 is 0 Å². The van der Waals surface area contributed by atoms with Gasteiger partial charge in [-0.15, -0.1) is 6.42 Å². The summed E-state index contributed by atoms with van der Waals surface area (Å²) in [5.41, 5.74) is 3.35. The van der Waals surface area contributed by atoms with Crippen LogP contribution in [0.4, 0.5) is 0 Å². The summed E-state index contributed by atoms with van der Waals surface area (Å²) in [6.45, 7) is 0. The predicted molar refractivity (Wildman–Crippen MR) is 74.0 cm³/mol. The molecule has 0 atom stereocenters. The first-order chi connectivity index (χ1) is 8.81. The van der Waals surface area contributed by atoms with Gasteiger partial charge in [0.1, 0.15) is 0 Å². The molecular formula is C17H16O. The number of benzene rings is 1. The molecule has 2 aliphatic carbocycles. The molecule has 0 bridgehead atoms. The predicted octanol–water partition coefficient (Wildman–Crippen LogP) is 3.66. The Labute approximate surface area is 108 Å². The lowest BCUT2D eigenvalue weighted by atomic mass is 9.99. The van der Waals surface area contributed by atoms with Gasteiger partial charge < -0.3 is 0 Å². The van der Waals surface area contributed by atoms with Gasteiger partial charge in [0, 0.05) is 12.0 Å². The molecule has 1 nitrogen and oxygen atoms in total. The van der Waals surface area contributed by atoms with E-state index in [9.17, 15) is 4.79 Å². The molecule has 0 unspecified atom stereocenters. The Bertz CT molecular complexity index is 526. The average Bonchev–Trinajstić information content (AvgIpc) is 2.90. The molecule has 0 N–H and O–H groups in total. The third-order valence-electron chi connectivity index (χ3n) is 3.16. The number of hydrogen-bond acceptors (Lipinski definition) is 1. The molecule has 1 aromatic carbocycles. The van der Waals surface area contributed by atoms with Crippen molar-refractivity contribution >= 4 is 5.78 Å². The second-order valence-electron chi connectivity index (χ2n) is 4.40. The third kappa shape index (κ3) is 2.99. The topological polar surface area (TPSA) is 17.1 Å². The van der Waals surface area contributed by atoms with Crippen LogP contribution in [0.5, 0.6) is 0 Å². The Morgan fingerprint density at radius 3 is 2.50 bits per heavy atom. The van der Waals surface area contributed by atoms with Crippen LogP contribution >= 0.6 is 0 Å². The summed E-state index contributed by atoms with van der Waals surface area (Å²) >= 11 is 0. The smallest absolute Gasteiger partial charge is 0.162 e. The largest absolute Gasteiger partial charge is 0.294 e. The maximum Gasteiger partial charge on any atom is 0.162 e. The molecule has 0 saturated carbocycles. The van der Waals surface area contributed by atoms with Crippen LogP contribution in [0.15, 0.2) is 53.6 Å². The Kier molecular flexibility index (Phi) is 4.15. The number of carbonyl (C=O) groups is 1. The summed E-state index contributed by atoms with van der Waals surface area (Å²) in [6, 6.07) is 9.60. The highest BCUT2D eigenvalue weighted by Gasteiger charge is 2.20. The maximum atomic E-state index is 11.2. The first-order valence-electron chi connectivity index (χ1n) is 6.24. The van der Waals surface area contributed by atoms with Crippen LogP contribution in [0.25, 0.3) is 0 Å². The summed E-state index contributed by atoms with van der Waals surface area (Å²) in [6.07, 6.45) is 13.2. The molecule has 0 heterocycles. The van der Waals surface area contributed by atoms with Crippen molar-refractivity contribution in [2.45, 2.75) is 25.7 Å². The van der Waals surface area contributed by atoms with Gasteiger partial charge >= 0.3 is 0 Å². The van der Waals surface area contributed by atoms with Gasteiger partial charge in [0.05, 0.1) is 0 Å². The zero-order chi connectivity index (χ0) is 12.8. The van der Waals surface area contributed by atoms with E-state index in [1.54, 1.807) is 0 Å². The summed E-state index contributed by atoms with van der Waals surface area (Å²) in [7, 11) is 0. The van der Waals surface area contributed by atoms with E-state index in [2.05, 4.69) is 12.0 Å². The Morgan fingerprint density at radius 1 is 1.11 bits per heavy atom. The molecule has 90 valence electrons. The van der Waals surface area contributed by atoms with Crippen molar-refractivity contribution in [1.29, 1.82) is 0 Å². The first kappa shape index (κ1) is 12.4. The number of Topliss-reactive ketones (excluding diaryl/α,β-unsaturated/α-hetero) is 1. The normalized spacial score (nSPS) is 16.7. The van der Waals surface area contributed by atoms with Crippen molar-refractivity contribution in [3.8, 4) is 12.3 Å². The molecule has 0 spiro atoms. The summed E-state index contributed by atoms with van der Waals surface area (Å²) in [5, 5.41) is 0. The third-order valence-corrected chi connectivity index (χ3v) is 3.16. The van der Waals surface area contributed by atoms with Crippen LogP contribution in [0.3, 0.4) is 0 Å². The molecule has 0 fully saturated rings. The van der Waals surface area contributed by atoms with E-state index in [-0.39, 0.29) is 0 Å². The number of hydrogen-bond donors (Lipinski definition) is 0. The first-order valence-corrected chi connectivity index (χ1v) is 6.24. The maximum absolute atomic E-state index is 11.2. The van der Waals surface area contributed by atoms with Crippen molar-refractivity contribution in [3.05, 3.63) is 59.2 Å². The van der Waals surface area contributed by atoms with Gasteiger partial charge in [0.15, 0.2) is 5.78 Å². The molecule has 3 rings (SSSR count). The minimum atomic E-state index is 0.356. The highest BCUT2D eigenvalue weighted by atomic mass is 16.1. The Balaban J connectivity index is 0.000000138. The minimum Gasteiger partial charge on any atom is -0.294 e. The van der Waals surface area contributed by atoms with E-state index in [0.29, 0.717) is 12.2 Å². The van der Waals surface area contributed by atoms with Gasteiger partial charge in [-0.2, -0.15) is 0 Å². The van der Waals surface area contributed by atoms with Crippen LogP contribution in [0, 0.1) is 12.3 Å². The second kappa shape index (κ2) is 6.02. The average molecular weight is 236 g/mol. The molecule has 0 saturated heterocycles. The van der Waals surface area contributed by atoms with E-state index in [1.165, 1.54) is 12.0 Å². The molecule has 0 aliphatic heterocycles. The summed E-state index contributed by atoms with van der Waals surface area (Å²) < 4.78 is 0. The lowest BCUT2D eigenvalue weighted by molar-refractivity contribution is -0.115. The quantitative estimate of drug-likeness (QED) is 0.628. The standard InChI is InChI=1S/C9H10O.C8H6/c10-9-6-2-4-7-3-1-5-8(7)9;1-2-8-6-4-3-5-7-8/h2,4H,1,3,5-6H2;1,3-7H. The van der Waals surface area contributed by atoms with Gasteiger partial charge in [-0.1, -0.05) is 36.3 Å². The van der Waals surface area contributed by atoms with Gasteiger partial charge in [-0.25, -0.2) is 0 Å². The lowest BCUT2D eigenvalue weighted by Gasteiger charge is -2.05. The van der Waals surface area contributed by atoms with E-state index in [0.717, 1.165) is 24.0 Å². The number of terminal acetylenes is 1. The number of ketones is 1. The molecule has 2 aliphatic rings. The zero-order valence-corrected chi connectivity index (χ0v) is 10.4. The fraction of sp³-hybridized carbons (Fsp3) is 0.235. The Hall–Kier alpha value is -2.07. The SMILES string of the molecule is C#Cc1ccccc1.O=C1CC=CC2=C1CCC2. The van der Waals surface area contributed by atoms with Crippen molar-refractivity contribution in [3.63, 3.8) is 0 Å². The lowest BCUT2D eigenvalue weighted by Crippen LogP contribution is -2.03. The monoisotopic (exact) mass is 236 g/mol. The molecule has 0 aromatic heterocycles. The van der Waals surface area contributed by atoms with Crippen molar-refractivity contribution in [1.82, 2.24) is 0 Å². The van der Waals surface area contributed by atoms with Gasteiger partial charge in [0.25, 0.3) is 0 Å². The fourth-order valence-corrected chi connectivity index (χ4v) is 2.24. The van der Waals surface area contributed by atoms with Gasteiger partial charge in [-0.05, 0) is 42.5 Å². The van der Waals surface area contributed by atoms with Crippen LogP contribution < -0.4 is 0 Å². The molecule has 18 heavy (non-hydrogen) atoms. The Morgan fingerprint density at radius 2 is 1.89 bits per heavy atom. The van der Waals surface area contributed by atoms with E-state index < -0.39 is 0 Å². The van der Waals surface area contributed by atoms with E-state index in [1.807, 2.05) is 36.4 Å². The number of allylic oxidation sites excluding steroid dienone is 4. The van der Waals surface area contributed by atoms with Crippen LogP contribution in [0.2, 0.25) is 0 Å². The molecule has 1 heteroatoms. The molecular weight excluding hydrogens is 220 g/mol. The highest BCUT2D eigenvalue weighted by Crippen LogP contribution is 2.30. The van der Waals surface area contributed by atoms with Crippen LogP contribution in [-0.4, -0.2) is 5.78 Å². The van der Waals surface area contributed by atoms with Crippen molar-refractivity contribution in [2.24, 2.45) is 0 Å². The second-order valence-corrected chi connectivity index (χ2v) is 4.40. The minimum absolute atomic E-state index is 0.356. The van der Waals surface area contributed by atoms with Gasteiger partial charge in [0.2, 0.25) is 0 Å². The highest BCUT2D eigenvalue weighted by molar-refractivity contribution is 5.99. The van der Waals surface area contributed by atoms with E-state index in [4.69, 9.17) is 6.42 Å². The number of rotatable bonds is 0. The zero-order valence-electron chi connectivity index (χ0n) is 10.4. The summed E-state index contributed by atoms with van der Waals surface area (Å²) in [4.78, 5) is 11.2. The van der Waals surface area contributed by atoms with Gasteiger partial charge in [-0.3, -0.25) is 4.79 Å². The molecule has 1 aromatic rings. The van der Waals surface area contributed by atoms with Crippen molar-refractivity contribution in [2.75, 3.05) is 0 Å². The molecule has 0 radical (unpaired) electrons. The fourth-order valence-electron chi connectivity index (χ4n) is 2.24. The summed E-state index contributed by atoms with van der Waals surface area (Å²) in [5.74, 6) is 2.88. The van der Waals surface area contributed by atoms with Crippen molar-refractivity contribution < 1.29 is 4.79 Å². The number of carbonyl (C=O) groups excluding carboxylic acids is 1. The van der Waals surface area contributed by atoms with Crippen LogP contribution in [0.1, 0.15) is 31.2 Å². The van der Waals surface area contributed by atoms with Crippen LogP contribution in [-0.2, 0) is 4.79 Å².